The molecule has 7 nitrogen and oxygen atoms in total. The molecule has 0 radical (unpaired) electrons. The lowest BCUT2D eigenvalue weighted by atomic mass is 10.0. The van der Waals surface area contributed by atoms with Gasteiger partial charge in [0.2, 0.25) is 5.91 Å². The third-order valence-electron chi connectivity index (χ3n) is 5.33. The largest absolute Gasteiger partial charge is 0.497 e. The van der Waals surface area contributed by atoms with E-state index in [0.717, 1.165) is 22.6 Å². The second kappa shape index (κ2) is 11.0. The lowest BCUT2D eigenvalue weighted by Crippen LogP contribution is -2.24. The number of carbonyl (C=O) groups excluding carboxylic acids is 1. The number of amides is 1. The van der Waals surface area contributed by atoms with Gasteiger partial charge in [-0.2, -0.15) is 0 Å². The fourth-order valence-electron chi connectivity index (χ4n) is 3.57. The number of rotatable bonds is 9. The Morgan fingerprint density at radius 1 is 1.06 bits per heavy atom. The summed E-state index contributed by atoms with van der Waals surface area (Å²) in [5, 5.41) is 12.5. The summed E-state index contributed by atoms with van der Waals surface area (Å²) in [6, 6.07) is 19.7. The summed E-state index contributed by atoms with van der Waals surface area (Å²) < 4.78 is 7.20. The fourth-order valence-corrected chi connectivity index (χ4v) is 4.34. The van der Waals surface area contributed by atoms with Gasteiger partial charge in [-0.15, -0.1) is 10.2 Å². The molecule has 0 saturated carbocycles. The highest BCUT2D eigenvalue weighted by atomic mass is 32.2. The summed E-state index contributed by atoms with van der Waals surface area (Å²) in [7, 11) is 1.63. The number of ether oxygens (including phenoxy) is 1. The summed E-state index contributed by atoms with van der Waals surface area (Å²) in [6.07, 6.45) is 3.50. The molecule has 34 heavy (non-hydrogen) atoms. The Morgan fingerprint density at radius 2 is 1.85 bits per heavy atom. The van der Waals surface area contributed by atoms with Crippen LogP contribution in [0, 0.1) is 0 Å². The van der Waals surface area contributed by atoms with Gasteiger partial charge in [0.1, 0.15) is 5.75 Å². The molecule has 0 aliphatic heterocycles. The van der Waals surface area contributed by atoms with E-state index in [9.17, 15) is 4.79 Å². The van der Waals surface area contributed by atoms with E-state index < -0.39 is 0 Å². The molecule has 2 aromatic heterocycles. The van der Waals surface area contributed by atoms with Crippen molar-refractivity contribution < 1.29 is 9.53 Å². The van der Waals surface area contributed by atoms with Crippen LogP contribution >= 0.6 is 11.8 Å². The molecule has 0 fully saturated rings. The number of hydrogen-bond acceptors (Lipinski definition) is 6. The molecule has 0 aliphatic rings. The highest BCUT2D eigenvalue weighted by Gasteiger charge is 2.20. The Hall–Kier alpha value is -3.65. The Kier molecular flexibility index (Phi) is 7.59. The molecule has 4 aromatic rings. The predicted molar refractivity (Wildman–Crippen MR) is 134 cm³/mol. The molecule has 0 spiro atoms. The number of hydrogen-bond donors (Lipinski definition) is 1. The second-order valence-corrected chi connectivity index (χ2v) is 8.95. The van der Waals surface area contributed by atoms with Gasteiger partial charge >= 0.3 is 0 Å². The standard InChI is InChI=1S/C26H27N5O2S/c1-18(2)22-8-4-5-9-23(22)31-25(20-7-6-14-27-16-20)29-30-26(31)34-17-24(32)28-15-19-10-12-21(33-3)13-11-19/h4-14,16,18H,15,17H2,1-3H3,(H,28,32). The number of para-hydroxylation sites is 1. The number of pyridine rings is 1. The third-order valence-corrected chi connectivity index (χ3v) is 6.26. The number of benzene rings is 2. The minimum absolute atomic E-state index is 0.0737. The zero-order valence-electron chi connectivity index (χ0n) is 19.4. The lowest BCUT2D eigenvalue weighted by molar-refractivity contribution is -0.118. The Labute approximate surface area is 203 Å². The average Bonchev–Trinajstić information content (AvgIpc) is 3.30. The van der Waals surface area contributed by atoms with Crippen LogP contribution in [0.2, 0.25) is 0 Å². The summed E-state index contributed by atoms with van der Waals surface area (Å²) in [6.45, 7) is 4.77. The molecule has 4 rings (SSSR count). The molecule has 174 valence electrons. The van der Waals surface area contributed by atoms with E-state index in [1.165, 1.54) is 17.3 Å². The Morgan fingerprint density at radius 3 is 2.56 bits per heavy atom. The van der Waals surface area contributed by atoms with Crippen molar-refractivity contribution in [3.8, 4) is 22.8 Å². The summed E-state index contributed by atoms with van der Waals surface area (Å²) in [5.74, 6) is 1.95. The van der Waals surface area contributed by atoms with E-state index in [1.807, 2.05) is 53.1 Å². The van der Waals surface area contributed by atoms with Crippen LogP contribution < -0.4 is 10.1 Å². The molecule has 0 saturated heterocycles. The van der Waals surface area contributed by atoms with Crippen LogP contribution in [0.4, 0.5) is 0 Å². The van der Waals surface area contributed by atoms with Gasteiger partial charge in [-0.1, -0.05) is 55.9 Å². The van der Waals surface area contributed by atoms with Crippen molar-refractivity contribution in [3.63, 3.8) is 0 Å². The third kappa shape index (κ3) is 5.46. The molecule has 1 amide bonds. The van der Waals surface area contributed by atoms with Crippen LogP contribution in [-0.4, -0.2) is 38.5 Å². The van der Waals surface area contributed by atoms with Crippen LogP contribution in [0.15, 0.2) is 78.2 Å². The van der Waals surface area contributed by atoms with Crippen LogP contribution in [0.5, 0.6) is 5.75 Å². The van der Waals surface area contributed by atoms with Gasteiger partial charge in [-0.25, -0.2) is 0 Å². The smallest absolute Gasteiger partial charge is 0.230 e. The monoisotopic (exact) mass is 473 g/mol. The van der Waals surface area contributed by atoms with Crippen molar-refractivity contribution in [3.05, 3.63) is 84.2 Å². The van der Waals surface area contributed by atoms with Gasteiger partial charge in [0.25, 0.3) is 0 Å². The van der Waals surface area contributed by atoms with E-state index in [0.29, 0.717) is 23.4 Å². The average molecular weight is 474 g/mol. The molecule has 8 heteroatoms. The zero-order valence-corrected chi connectivity index (χ0v) is 20.2. The highest BCUT2D eigenvalue weighted by molar-refractivity contribution is 7.99. The van der Waals surface area contributed by atoms with Crippen molar-refractivity contribution in [1.82, 2.24) is 25.1 Å². The topological polar surface area (TPSA) is 81.9 Å². The molecule has 0 bridgehead atoms. The van der Waals surface area contributed by atoms with Gasteiger partial charge in [-0.05, 0) is 47.4 Å². The first-order valence-electron chi connectivity index (χ1n) is 11.0. The highest BCUT2D eigenvalue weighted by Crippen LogP contribution is 2.31. The molecule has 0 atom stereocenters. The van der Waals surface area contributed by atoms with Crippen molar-refractivity contribution in [2.75, 3.05) is 12.9 Å². The van der Waals surface area contributed by atoms with Crippen LogP contribution in [0.1, 0.15) is 30.9 Å². The second-order valence-electron chi connectivity index (χ2n) is 8.01. The minimum atomic E-state index is -0.0737. The van der Waals surface area contributed by atoms with Gasteiger partial charge in [-0.3, -0.25) is 14.3 Å². The summed E-state index contributed by atoms with van der Waals surface area (Å²) >= 11 is 1.36. The predicted octanol–water partition coefficient (Wildman–Crippen LogP) is 4.87. The fraction of sp³-hybridized carbons (Fsp3) is 0.231. The number of thioether (sulfide) groups is 1. The summed E-state index contributed by atoms with van der Waals surface area (Å²) in [4.78, 5) is 16.8. The Bertz CT molecular complexity index is 1240. The maximum Gasteiger partial charge on any atom is 0.230 e. The van der Waals surface area contributed by atoms with E-state index in [1.54, 1.807) is 19.5 Å². The molecular weight excluding hydrogens is 446 g/mol. The molecule has 2 aromatic carbocycles. The number of carbonyl (C=O) groups is 1. The van der Waals surface area contributed by atoms with Gasteiger partial charge in [0.05, 0.1) is 18.6 Å². The van der Waals surface area contributed by atoms with Crippen LogP contribution in [-0.2, 0) is 11.3 Å². The van der Waals surface area contributed by atoms with Crippen molar-refractivity contribution in [1.29, 1.82) is 0 Å². The van der Waals surface area contributed by atoms with Crippen molar-refractivity contribution >= 4 is 17.7 Å². The normalized spacial score (nSPS) is 10.9. The van der Waals surface area contributed by atoms with Gasteiger partial charge in [0, 0.05) is 24.5 Å². The van der Waals surface area contributed by atoms with Gasteiger partial charge in [0.15, 0.2) is 11.0 Å². The first-order chi connectivity index (χ1) is 16.6. The number of methoxy groups -OCH3 is 1. The molecule has 2 heterocycles. The van der Waals surface area contributed by atoms with E-state index in [-0.39, 0.29) is 11.7 Å². The maximum atomic E-state index is 12.6. The zero-order chi connectivity index (χ0) is 23.9. The van der Waals surface area contributed by atoms with Crippen molar-refractivity contribution in [2.24, 2.45) is 0 Å². The van der Waals surface area contributed by atoms with Crippen molar-refractivity contribution in [2.45, 2.75) is 31.5 Å². The molecule has 1 N–H and O–H groups in total. The SMILES string of the molecule is COc1ccc(CNC(=O)CSc2nnc(-c3cccnc3)n2-c2ccccc2C(C)C)cc1. The van der Waals surface area contributed by atoms with Gasteiger partial charge < -0.3 is 10.1 Å². The van der Waals surface area contributed by atoms with Crippen LogP contribution in [0.25, 0.3) is 17.1 Å². The molecule has 0 aliphatic carbocycles. The van der Waals surface area contributed by atoms with E-state index >= 15 is 0 Å². The van der Waals surface area contributed by atoms with Crippen LogP contribution in [0.3, 0.4) is 0 Å². The first-order valence-corrected chi connectivity index (χ1v) is 12.0. The first kappa shape index (κ1) is 23.5. The Balaban J connectivity index is 1.55. The quantitative estimate of drug-likeness (QED) is 0.349. The van der Waals surface area contributed by atoms with E-state index in [4.69, 9.17) is 4.74 Å². The number of nitrogens with zero attached hydrogens (tertiary/aromatic N) is 4. The molecule has 0 unspecified atom stereocenters. The molecular formula is C26H27N5O2S. The minimum Gasteiger partial charge on any atom is -0.497 e. The van der Waals surface area contributed by atoms with E-state index in [2.05, 4.69) is 46.5 Å². The summed E-state index contributed by atoms with van der Waals surface area (Å²) in [5.41, 5.74) is 4.05. The number of nitrogens with one attached hydrogen (secondary N) is 1. The lowest BCUT2D eigenvalue weighted by Gasteiger charge is -2.16. The number of aromatic nitrogens is 4. The maximum absolute atomic E-state index is 12.6.